The van der Waals surface area contributed by atoms with Gasteiger partial charge >= 0.3 is 6.18 Å². The van der Waals surface area contributed by atoms with Gasteiger partial charge in [-0.05, 0) is 13.0 Å². The van der Waals surface area contributed by atoms with Gasteiger partial charge in [-0.2, -0.15) is 18.2 Å². The van der Waals surface area contributed by atoms with Crippen molar-refractivity contribution in [3.8, 4) is 5.75 Å². The Balaban J connectivity index is 2.36. The zero-order valence-electron chi connectivity index (χ0n) is 13.8. The van der Waals surface area contributed by atoms with Crippen LogP contribution < -0.4 is 15.0 Å². The largest absolute Gasteiger partial charge is 0.496 e. The number of methoxy groups -OCH3 is 1. The third kappa shape index (κ3) is 4.06. The fourth-order valence-corrected chi connectivity index (χ4v) is 2.17. The van der Waals surface area contributed by atoms with Crippen LogP contribution in [0.2, 0.25) is 0 Å². The van der Waals surface area contributed by atoms with E-state index in [1.165, 1.54) is 12.0 Å². The van der Waals surface area contributed by atoms with Gasteiger partial charge in [0.1, 0.15) is 11.6 Å². The molecule has 0 saturated carbocycles. The standard InChI is InChI=1S/C16H19F3N4O/c1-10(11-7-5-6-8-12(11)24-4)20-15-21-13(16(17,18)19)9-14(22-15)23(2)3/h5-10H,1-4H3,(H,20,21,22). The van der Waals surface area contributed by atoms with Crippen LogP contribution in [0, 0.1) is 0 Å². The summed E-state index contributed by atoms with van der Waals surface area (Å²) >= 11 is 0. The number of hydrogen-bond donors (Lipinski definition) is 1. The lowest BCUT2D eigenvalue weighted by Crippen LogP contribution is -2.18. The average Bonchev–Trinajstić information content (AvgIpc) is 2.53. The Morgan fingerprint density at radius 1 is 1.17 bits per heavy atom. The molecule has 130 valence electrons. The molecule has 8 heteroatoms. The van der Waals surface area contributed by atoms with Gasteiger partial charge in [0.25, 0.3) is 0 Å². The molecule has 2 rings (SSSR count). The molecule has 24 heavy (non-hydrogen) atoms. The van der Waals surface area contributed by atoms with Gasteiger partial charge in [0.05, 0.1) is 13.2 Å². The van der Waals surface area contributed by atoms with E-state index in [-0.39, 0.29) is 17.8 Å². The van der Waals surface area contributed by atoms with Crippen molar-refractivity contribution in [3.63, 3.8) is 0 Å². The molecule has 1 unspecified atom stereocenters. The Morgan fingerprint density at radius 2 is 1.83 bits per heavy atom. The normalized spacial score (nSPS) is 12.6. The molecule has 0 radical (unpaired) electrons. The van der Waals surface area contributed by atoms with Crippen LogP contribution in [-0.4, -0.2) is 31.2 Å². The summed E-state index contributed by atoms with van der Waals surface area (Å²) in [5, 5.41) is 2.91. The summed E-state index contributed by atoms with van der Waals surface area (Å²) < 4.78 is 44.4. The number of alkyl halides is 3. The molecule has 0 bridgehead atoms. The van der Waals surface area contributed by atoms with Gasteiger partial charge in [0.15, 0.2) is 5.69 Å². The van der Waals surface area contributed by atoms with Crippen LogP contribution in [0.3, 0.4) is 0 Å². The van der Waals surface area contributed by atoms with Crippen molar-refractivity contribution in [2.24, 2.45) is 0 Å². The molecule has 1 heterocycles. The van der Waals surface area contributed by atoms with Crippen LogP contribution in [0.25, 0.3) is 0 Å². The van der Waals surface area contributed by atoms with E-state index in [4.69, 9.17) is 4.74 Å². The second-order valence-corrected chi connectivity index (χ2v) is 5.44. The molecule has 0 spiro atoms. The monoisotopic (exact) mass is 340 g/mol. The highest BCUT2D eigenvalue weighted by molar-refractivity contribution is 5.46. The van der Waals surface area contributed by atoms with E-state index in [0.29, 0.717) is 5.75 Å². The Morgan fingerprint density at radius 3 is 2.42 bits per heavy atom. The summed E-state index contributed by atoms with van der Waals surface area (Å²) in [5.41, 5.74) is -0.191. The van der Waals surface area contributed by atoms with Crippen LogP contribution in [-0.2, 0) is 6.18 Å². The molecule has 0 aliphatic rings. The van der Waals surface area contributed by atoms with E-state index < -0.39 is 11.9 Å². The number of benzene rings is 1. The third-order valence-corrected chi connectivity index (χ3v) is 3.41. The van der Waals surface area contributed by atoms with Crippen molar-refractivity contribution in [1.82, 2.24) is 9.97 Å². The SMILES string of the molecule is COc1ccccc1C(C)Nc1nc(N(C)C)cc(C(F)(F)F)n1. The number of rotatable bonds is 5. The third-order valence-electron chi connectivity index (χ3n) is 3.41. The highest BCUT2D eigenvalue weighted by Gasteiger charge is 2.34. The maximum absolute atomic E-state index is 13.0. The van der Waals surface area contributed by atoms with Gasteiger partial charge < -0.3 is 15.0 Å². The first-order valence-electron chi connectivity index (χ1n) is 7.25. The summed E-state index contributed by atoms with van der Waals surface area (Å²) in [6.45, 7) is 1.80. The summed E-state index contributed by atoms with van der Waals surface area (Å²) in [6, 6.07) is 7.84. The first-order valence-corrected chi connectivity index (χ1v) is 7.25. The van der Waals surface area contributed by atoms with E-state index in [1.54, 1.807) is 27.1 Å². The quantitative estimate of drug-likeness (QED) is 0.898. The lowest BCUT2D eigenvalue weighted by Gasteiger charge is -2.20. The predicted octanol–water partition coefficient (Wildman–Crippen LogP) is 3.74. The Hall–Kier alpha value is -2.51. The summed E-state index contributed by atoms with van der Waals surface area (Å²) in [5.74, 6) is 0.719. The number of ether oxygens (including phenoxy) is 1. The van der Waals surface area contributed by atoms with Crippen LogP contribution >= 0.6 is 0 Å². The van der Waals surface area contributed by atoms with E-state index in [2.05, 4.69) is 15.3 Å². The highest BCUT2D eigenvalue weighted by atomic mass is 19.4. The Kier molecular flexibility index (Phi) is 5.16. The first-order chi connectivity index (χ1) is 11.2. The maximum atomic E-state index is 13.0. The van der Waals surface area contributed by atoms with E-state index in [1.807, 2.05) is 18.2 Å². The second-order valence-electron chi connectivity index (χ2n) is 5.44. The number of anilines is 2. The van der Waals surface area contributed by atoms with Crippen LogP contribution in [0.1, 0.15) is 24.2 Å². The lowest BCUT2D eigenvalue weighted by atomic mass is 10.1. The number of hydrogen-bond acceptors (Lipinski definition) is 5. The minimum absolute atomic E-state index is 0.0908. The molecule has 0 fully saturated rings. The van der Waals surface area contributed by atoms with E-state index in [9.17, 15) is 13.2 Å². The van der Waals surface area contributed by atoms with Gasteiger partial charge in [-0.3, -0.25) is 0 Å². The Bertz CT molecular complexity index is 704. The van der Waals surface area contributed by atoms with E-state index in [0.717, 1.165) is 11.6 Å². The molecule has 1 aromatic heterocycles. The number of nitrogens with zero attached hydrogens (tertiary/aromatic N) is 3. The zero-order valence-corrected chi connectivity index (χ0v) is 13.8. The molecular formula is C16H19F3N4O. The molecule has 2 aromatic rings. The molecule has 0 aliphatic carbocycles. The maximum Gasteiger partial charge on any atom is 0.433 e. The van der Waals surface area contributed by atoms with Crippen LogP contribution in [0.5, 0.6) is 5.75 Å². The highest BCUT2D eigenvalue weighted by Crippen LogP contribution is 2.32. The molecule has 0 aliphatic heterocycles. The zero-order chi connectivity index (χ0) is 17.9. The van der Waals surface area contributed by atoms with Gasteiger partial charge in [-0.15, -0.1) is 0 Å². The molecular weight excluding hydrogens is 321 g/mol. The number of aromatic nitrogens is 2. The second kappa shape index (κ2) is 6.94. The molecule has 5 nitrogen and oxygen atoms in total. The predicted molar refractivity (Wildman–Crippen MR) is 86.4 cm³/mol. The Labute approximate surface area is 138 Å². The van der Waals surface area contributed by atoms with Gasteiger partial charge in [0.2, 0.25) is 5.95 Å². The minimum atomic E-state index is -4.54. The summed E-state index contributed by atoms with van der Waals surface area (Å²) in [7, 11) is 4.78. The van der Waals surface area contributed by atoms with Crippen molar-refractivity contribution in [3.05, 3.63) is 41.6 Å². The smallest absolute Gasteiger partial charge is 0.433 e. The minimum Gasteiger partial charge on any atom is -0.496 e. The first kappa shape index (κ1) is 17.8. The van der Waals surface area contributed by atoms with E-state index >= 15 is 0 Å². The van der Waals surface area contributed by atoms with Crippen molar-refractivity contribution in [2.45, 2.75) is 19.1 Å². The molecule has 1 N–H and O–H groups in total. The summed E-state index contributed by atoms with van der Waals surface area (Å²) in [4.78, 5) is 9.22. The van der Waals surface area contributed by atoms with Crippen molar-refractivity contribution in [1.29, 1.82) is 0 Å². The number of para-hydroxylation sites is 1. The lowest BCUT2D eigenvalue weighted by molar-refractivity contribution is -0.141. The van der Waals surface area contributed by atoms with Crippen molar-refractivity contribution in [2.75, 3.05) is 31.4 Å². The molecule has 1 aromatic carbocycles. The number of halogens is 3. The van der Waals surface area contributed by atoms with Gasteiger partial charge in [-0.1, -0.05) is 18.2 Å². The van der Waals surface area contributed by atoms with Crippen LogP contribution in [0.4, 0.5) is 24.9 Å². The summed E-state index contributed by atoms with van der Waals surface area (Å²) in [6.07, 6.45) is -4.54. The van der Waals surface area contributed by atoms with Crippen molar-refractivity contribution >= 4 is 11.8 Å². The topological polar surface area (TPSA) is 50.3 Å². The van der Waals surface area contributed by atoms with Crippen molar-refractivity contribution < 1.29 is 17.9 Å². The molecule has 0 saturated heterocycles. The average molecular weight is 340 g/mol. The molecule has 1 atom stereocenters. The van der Waals surface area contributed by atoms with Crippen LogP contribution in [0.15, 0.2) is 30.3 Å². The fourth-order valence-electron chi connectivity index (χ4n) is 2.17. The number of nitrogens with one attached hydrogen (secondary N) is 1. The van der Waals surface area contributed by atoms with Gasteiger partial charge in [0, 0.05) is 25.7 Å². The fraction of sp³-hybridized carbons (Fsp3) is 0.375. The van der Waals surface area contributed by atoms with Gasteiger partial charge in [-0.25, -0.2) is 4.98 Å². The molecule has 0 amide bonds.